The number of sulfonamides is 1. The number of amides is 4. The van der Waals surface area contributed by atoms with Crippen LogP contribution in [0.25, 0.3) is 5.69 Å². The van der Waals surface area contributed by atoms with E-state index in [0.717, 1.165) is 25.7 Å². The van der Waals surface area contributed by atoms with Crippen molar-refractivity contribution in [2.45, 2.75) is 119 Å². The molecule has 3 saturated carbocycles. The average molecular weight is 857 g/mol. The number of carbonyl (C=O) groups excluding carboxylic acids is 5. The average Bonchev–Trinajstić information content (AvgIpc) is 4.15. The summed E-state index contributed by atoms with van der Waals surface area (Å²) in [5.41, 5.74) is -0.899. The number of allylic oxidation sites excluding steroid dienone is 1. The summed E-state index contributed by atoms with van der Waals surface area (Å²) in [4.78, 5) is 83.2. The molecule has 18 nitrogen and oxygen atoms in total. The standard InChI is InChI=1S/C42H52N10O8S/c1-60-30-16-14-29(15-17-30)52-48-37(47-50-52)27-22-34-39(55)46-42(41(57)49-61(58,59)31-18-19-31)23-28(42)12-8-3-2-4-9-13-32(40(56)51(34)25-27)36(53)35(26-10-6-5-7-11-26)45-38(54)33-24-43-20-21-44-33/h8,12,14-17,20-21,24,26-28,31-32,34-35H,2-7,9-11,13,18-19,22-23,25H2,1H3,(H,45,54)(H,46,55)(H,49,57)/b12-8-/t27-,28+,32-,34+,35+,42-/m1/s1. The van der Waals surface area contributed by atoms with Gasteiger partial charge in [0.15, 0.2) is 11.6 Å². The van der Waals surface area contributed by atoms with Gasteiger partial charge in [-0.25, -0.2) is 13.4 Å². The summed E-state index contributed by atoms with van der Waals surface area (Å²) in [5, 5.41) is 18.4. The largest absolute Gasteiger partial charge is 0.497 e. The molecule has 5 aliphatic rings. The predicted molar refractivity (Wildman–Crippen MR) is 218 cm³/mol. The number of hydrogen-bond donors (Lipinski definition) is 3. The van der Waals surface area contributed by atoms with E-state index in [9.17, 15) is 22.8 Å². The lowest BCUT2D eigenvalue weighted by Crippen LogP contribution is -2.58. The first-order valence-electron chi connectivity index (χ1n) is 21.4. The Hall–Kier alpha value is -5.59. The van der Waals surface area contributed by atoms with E-state index in [-0.39, 0.29) is 43.2 Å². The maximum Gasteiger partial charge on any atom is 0.272 e. The molecule has 3 N–H and O–H groups in total. The van der Waals surface area contributed by atoms with Crippen LogP contribution in [0.1, 0.15) is 112 Å². The van der Waals surface area contributed by atoms with Crippen LogP contribution in [0.2, 0.25) is 0 Å². The third-order valence-electron chi connectivity index (χ3n) is 12.8. The Morgan fingerprint density at radius 1 is 0.967 bits per heavy atom. The van der Waals surface area contributed by atoms with Gasteiger partial charge in [-0.3, -0.25) is 33.7 Å². The van der Waals surface area contributed by atoms with Crippen molar-refractivity contribution in [2.24, 2.45) is 17.8 Å². The van der Waals surface area contributed by atoms with E-state index in [4.69, 9.17) is 4.74 Å². The molecule has 2 aromatic heterocycles. The van der Waals surface area contributed by atoms with Gasteiger partial charge in [-0.1, -0.05) is 44.3 Å². The summed E-state index contributed by atoms with van der Waals surface area (Å²) in [7, 11) is -2.37. The summed E-state index contributed by atoms with van der Waals surface area (Å²) >= 11 is 0. The predicted octanol–water partition coefficient (Wildman–Crippen LogP) is 2.71. The lowest BCUT2D eigenvalue weighted by molar-refractivity contribution is -0.147. The topological polar surface area (TPSA) is 237 Å². The van der Waals surface area contributed by atoms with Crippen LogP contribution in [0.3, 0.4) is 0 Å². The lowest BCUT2D eigenvalue weighted by Gasteiger charge is -2.34. The molecule has 2 aliphatic heterocycles. The normalized spacial score (nSPS) is 27.3. The summed E-state index contributed by atoms with van der Waals surface area (Å²) in [6.07, 6.45) is 16.0. The van der Waals surface area contributed by atoms with Gasteiger partial charge in [0.2, 0.25) is 21.8 Å². The van der Waals surface area contributed by atoms with Crippen LogP contribution < -0.4 is 20.1 Å². The Morgan fingerprint density at radius 2 is 1.72 bits per heavy atom. The minimum absolute atomic E-state index is 0.0341. The zero-order valence-corrected chi connectivity index (χ0v) is 35.0. The number of rotatable bonds is 11. The number of carbonyl (C=O) groups is 5. The molecule has 4 amide bonds. The number of tetrazole rings is 1. The van der Waals surface area contributed by atoms with Gasteiger partial charge in [-0.2, -0.15) is 0 Å². The number of benzene rings is 1. The maximum absolute atomic E-state index is 15.2. The Bertz CT molecular complexity index is 2260. The van der Waals surface area contributed by atoms with Crippen LogP contribution in [-0.2, 0) is 29.2 Å². The number of hydrogen-bond acceptors (Lipinski definition) is 13. The zero-order chi connectivity index (χ0) is 42.7. The molecule has 8 rings (SSSR count). The molecule has 19 heteroatoms. The van der Waals surface area contributed by atoms with Crippen LogP contribution in [0.15, 0.2) is 55.0 Å². The highest BCUT2D eigenvalue weighted by atomic mass is 32.2. The van der Waals surface area contributed by atoms with Crippen LogP contribution >= 0.6 is 0 Å². The van der Waals surface area contributed by atoms with Gasteiger partial charge in [-0.05, 0) is 93.2 Å². The summed E-state index contributed by atoms with van der Waals surface area (Å²) in [5.74, 6) is -4.60. The van der Waals surface area contributed by atoms with Gasteiger partial charge < -0.3 is 20.3 Å². The summed E-state index contributed by atoms with van der Waals surface area (Å²) < 4.78 is 33.4. The molecule has 61 heavy (non-hydrogen) atoms. The van der Waals surface area contributed by atoms with Gasteiger partial charge in [-0.15, -0.1) is 15.0 Å². The molecule has 0 spiro atoms. The molecule has 3 aliphatic carbocycles. The highest BCUT2D eigenvalue weighted by Crippen LogP contribution is 2.46. The van der Waals surface area contributed by atoms with Crippen molar-refractivity contribution in [1.82, 2.24) is 50.4 Å². The van der Waals surface area contributed by atoms with E-state index in [1.165, 1.54) is 28.3 Å². The van der Waals surface area contributed by atoms with Crippen molar-refractivity contribution in [3.63, 3.8) is 0 Å². The first-order valence-corrected chi connectivity index (χ1v) is 22.9. The minimum Gasteiger partial charge on any atom is -0.497 e. The van der Waals surface area contributed by atoms with Crippen molar-refractivity contribution in [1.29, 1.82) is 0 Å². The van der Waals surface area contributed by atoms with Gasteiger partial charge >= 0.3 is 0 Å². The van der Waals surface area contributed by atoms with Gasteiger partial charge in [0.05, 0.1) is 36.2 Å². The third-order valence-corrected chi connectivity index (χ3v) is 14.7. The molecule has 0 radical (unpaired) electrons. The lowest BCUT2D eigenvalue weighted by atomic mass is 9.78. The second-order valence-corrected chi connectivity index (χ2v) is 18.9. The fraction of sp³-hybridized carbons (Fsp3) is 0.571. The first-order chi connectivity index (χ1) is 29.5. The van der Waals surface area contributed by atoms with Crippen molar-refractivity contribution >= 4 is 39.4 Å². The zero-order valence-electron chi connectivity index (χ0n) is 34.1. The van der Waals surface area contributed by atoms with E-state index >= 15 is 9.59 Å². The number of nitrogens with one attached hydrogen (secondary N) is 3. The number of aromatic nitrogens is 6. The number of fused-ring (bicyclic) bond motifs is 2. The van der Waals surface area contributed by atoms with E-state index in [1.54, 1.807) is 31.4 Å². The fourth-order valence-corrected chi connectivity index (χ4v) is 10.4. The van der Waals surface area contributed by atoms with Crippen LogP contribution in [0.4, 0.5) is 0 Å². The van der Waals surface area contributed by atoms with E-state index < -0.39 is 80.1 Å². The van der Waals surface area contributed by atoms with Crippen molar-refractivity contribution < 1.29 is 37.1 Å². The van der Waals surface area contributed by atoms with Crippen LogP contribution in [0.5, 0.6) is 5.75 Å². The fourth-order valence-electron chi connectivity index (χ4n) is 9.07. The molecule has 3 aromatic rings. The molecule has 0 unspecified atom stereocenters. The number of methoxy groups -OCH3 is 1. The quantitative estimate of drug-likeness (QED) is 0.186. The van der Waals surface area contributed by atoms with Crippen LogP contribution in [0, 0.1) is 17.8 Å². The first kappa shape index (κ1) is 42.1. The molecule has 0 bridgehead atoms. The molecular weight excluding hydrogens is 805 g/mol. The van der Waals surface area contributed by atoms with Crippen molar-refractivity contribution in [3.05, 3.63) is 66.5 Å². The van der Waals surface area contributed by atoms with Crippen molar-refractivity contribution in [2.75, 3.05) is 13.7 Å². The van der Waals surface area contributed by atoms with Gasteiger partial charge in [0.25, 0.3) is 11.8 Å². The summed E-state index contributed by atoms with van der Waals surface area (Å²) in [6, 6.07) is 4.86. The Morgan fingerprint density at radius 3 is 2.44 bits per heavy atom. The Balaban J connectivity index is 1.12. The molecule has 6 atom stereocenters. The Kier molecular flexibility index (Phi) is 12.3. The van der Waals surface area contributed by atoms with Crippen LogP contribution in [-0.4, -0.2) is 109 Å². The van der Waals surface area contributed by atoms with E-state index in [2.05, 4.69) is 40.7 Å². The highest BCUT2D eigenvalue weighted by Gasteiger charge is 2.62. The Labute approximate surface area is 354 Å². The second-order valence-electron chi connectivity index (χ2n) is 17.0. The smallest absolute Gasteiger partial charge is 0.272 e. The van der Waals surface area contributed by atoms with Gasteiger partial charge in [0, 0.05) is 30.8 Å². The van der Waals surface area contributed by atoms with E-state index in [0.29, 0.717) is 56.4 Å². The second kappa shape index (κ2) is 17.8. The third kappa shape index (κ3) is 9.21. The number of ketones is 1. The monoisotopic (exact) mass is 856 g/mol. The number of ether oxygens (including phenoxy) is 1. The SMILES string of the molecule is COc1ccc(-n2nnc([C@@H]3C[C@H]4C(=O)N[C@]5(C(=O)NS(=O)(=O)C6CC6)C[C@@H]5/C=C\CCCCC[C@H](C(=O)[C@@H](NC(=O)c5cnccn5)C5CCCCC5)C(=O)N4C3)n2)cc1. The highest BCUT2D eigenvalue weighted by molar-refractivity contribution is 7.91. The maximum atomic E-state index is 15.2. The number of Topliss-reactive ketones (excluding diaryl/α,β-unsaturated/α-hetero) is 1. The molecule has 4 heterocycles. The molecule has 324 valence electrons. The molecule has 4 fully saturated rings. The minimum atomic E-state index is -3.93. The molecule has 1 saturated heterocycles. The molecule has 1 aromatic carbocycles. The summed E-state index contributed by atoms with van der Waals surface area (Å²) in [6.45, 7) is -0.0341. The molecular formula is C42H52N10O8S. The van der Waals surface area contributed by atoms with Gasteiger partial charge in [0.1, 0.15) is 23.0 Å². The van der Waals surface area contributed by atoms with Crippen molar-refractivity contribution in [3.8, 4) is 11.4 Å². The number of nitrogens with zero attached hydrogens (tertiary/aromatic N) is 7. The van der Waals surface area contributed by atoms with E-state index in [1.807, 2.05) is 12.2 Å².